The normalized spacial score (nSPS) is 29.6. The van der Waals surface area contributed by atoms with E-state index in [0.717, 1.165) is 38.7 Å². The van der Waals surface area contributed by atoms with Crippen LogP contribution in [0.4, 0.5) is 0 Å². The van der Waals surface area contributed by atoms with E-state index >= 15 is 0 Å². The predicted molar refractivity (Wildman–Crippen MR) is 156 cm³/mol. The van der Waals surface area contributed by atoms with Gasteiger partial charge in [-0.05, 0) is 62.2 Å². The fourth-order valence-corrected chi connectivity index (χ4v) is 8.52. The molecule has 3 aliphatic rings. The molecule has 2 aliphatic heterocycles. The molecule has 0 N–H and O–H groups in total. The zero-order valence-corrected chi connectivity index (χ0v) is 26.6. The van der Waals surface area contributed by atoms with Crippen LogP contribution >= 0.6 is 8.60 Å². The highest BCUT2D eigenvalue weighted by Crippen LogP contribution is 2.55. The monoisotopic (exact) mass is 566 g/mol. The maximum Gasteiger partial charge on any atom is 0.334 e. The highest BCUT2D eigenvalue weighted by Gasteiger charge is 2.45. The summed E-state index contributed by atoms with van der Waals surface area (Å²) >= 11 is 0. The van der Waals surface area contributed by atoms with Crippen LogP contribution in [0.5, 0.6) is 0 Å². The van der Waals surface area contributed by atoms with E-state index in [2.05, 4.69) is 78.0 Å². The molecule has 0 aromatic heterocycles. The molecule has 1 aromatic carbocycles. The van der Waals surface area contributed by atoms with E-state index in [1.165, 1.54) is 18.4 Å². The summed E-state index contributed by atoms with van der Waals surface area (Å²) in [6.45, 7) is 17.7. The smallest absolute Gasteiger partial charge is 0.334 e. The lowest BCUT2D eigenvalue weighted by Gasteiger charge is -2.40. The minimum Gasteiger partial charge on any atom is -0.411 e. The summed E-state index contributed by atoms with van der Waals surface area (Å²) < 4.78 is 39.1. The van der Waals surface area contributed by atoms with E-state index in [1.807, 2.05) is 0 Å². The van der Waals surface area contributed by atoms with Crippen LogP contribution in [0.3, 0.4) is 0 Å². The summed E-state index contributed by atoms with van der Waals surface area (Å²) in [5.41, 5.74) is 0.718. The summed E-state index contributed by atoms with van der Waals surface area (Å²) in [4.78, 5) is 0. The van der Waals surface area contributed by atoms with Crippen molar-refractivity contribution in [2.45, 2.75) is 128 Å². The van der Waals surface area contributed by atoms with E-state index in [1.54, 1.807) is 0 Å². The van der Waals surface area contributed by atoms with Gasteiger partial charge in [0.25, 0.3) is 0 Å². The molecule has 2 saturated heterocycles. The van der Waals surface area contributed by atoms with Gasteiger partial charge in [-0.25, -0.2) is 0 Å². The summed E-state index contributed by atoms with van der Waals surface area (Å²) in [6.07, 6.45) is 7.49. The van der Waals surface area contributed by atoms with Crippen LogP contribution in [0.2, 0.25) is 18.1 Å². The zero-order valence-electron chi connectivity index (χ0n) is 24.7. The molecule has 0 radical (unpaired) electrons. The van der Waals surface area contributed by atoms with Crippen molar-refractivity contribution in [3.63, 3.8) is 0 Å². The van der Waals surface area contributed by atoms with Crippen LogP contribution in [0, 0.1) is 5.92 Å². The lowest BCUT2D eigenvalue weighted by Crippen LogP contribution is -2.46. The molecule has 0 spiro atoms. The molecule has 216 valence electrons. The average Bonchev–Trinajstić information content (AvgIpc) is 3.65. The van der Waals surface area contributed by atoms with Crippen molar-refractivity contribution >= 4 is 16.9 Å². The van der Waals surface area contributed by atoms with Gasteiger partial charge < -0.3 is 27.5 Å². The molecule has 2 heterocycles. The van der Waals surface area contributed by atoms with Crippen LogP contribution in [0.1, 0.15) is 85.1 Å². The van der Waals surface area contributed by atoms with Gasteiger partial charge in [-0.3, -0.25) is 0 Å². The van der Waals surface area contributed by atoms with Crippen molar-refractivity contribution < 1.29 is 27.5 Å². The van der Waals surface area contributed by atoms with Gasteiger partial charge in [0.2, 0.25) is 0 Å². The largest absolute Gasteiger partial charge is 0.411 e. The van der Waals surface area contributed by atoms with Gasteiger partial charge in [-0.1, -0.05) is 70.9 Å². The van der Waals surface area contributed by atoms with Gasteiger partial charge in [0.05, 0.1) is 24.9 Å². The lowest BCUT2D eigenvalue weighted by atomic mass is 9.82. The first-order chi connectivity index (χ1) is 18.0. The van der Waals surface area contributed by atoms with Gasteiger partial charge in [-0.2, -0.15) is 0 Å². The second-order valence-corrected chi connectivity index (χ2v) is 18.8. The Morgan fingerprint density at radius 1 is 0.895 bits per heavy atom. The maximum absolute atomic E-state index is 6.99. The molecule has 8 heteroatoms. The van der Waals surface area contributed by atoms with Crippen molar-refractivity contribution in [1.82, 2.24) is 0 Å². The first kappa shape index (κ1) is 30.6. The summed E-state index contributed by atoms with van der Waals surface area (Å²) in [5.74, 6) is 0.432. The zero-order chi connectivity index (χ0) is 27.4. The molecule has 0 unspecified atom stereocenters. The van der Waals surface area contributed by atoms with Crippen LogP contribution in [-0.2, 0) is 33.1 Å². The second-order valence-electron chi connectivity index (χ2n) is 12.9. The third-order valence-electron chi connectivity index (χ3n) is 9.26. The molecule has 6 nitrogen and oxygen atoms in total. The molecule has 38 heavy (non-hydrogen) atoms. The van der Waals surface area contributed by atoms with Crippen molar-refractivity contribution in [2.75, 3.05) is 19.8 Å². The van der Waals surface area contributed by atoms with Crippen LogP contribution in [0.15, 0.2) is 30.3 Å². The van der Waals surface area contributed by atoms with Crippen LogP contribution in [0.25, 0.3) is 0 Å². The molecule has 1 aliphatic carbocycles. The Morgan fingerprint density at radius 3 is 2.16 bits per heavy atom. The standard InChI is InChI=1S/C30H51O6PSi/c1-8-25-26(18-20-31-25)34-37(33-22-28-27(19-21-32-28)35-38(6,7)29(2,3)4)36-30(5,24-16-12-13-17-24)23-14-10-9-11-15-23/h9-11,14-15,24-28H,8,12-13,16-22H2,1-7H3/t25-,26-,27-,28-,30-,37-/m1/s1. The van der Waals surface area contributed by atoms with Crippen molar-refractivity contribution in [2.24, 2.45) is 5.92 Å². The van der Waals surface area contributed by atoms with E-state index in [-0.39, 0.29) is 29.5 Å². The second kappa shape index (κ2) is 13.1. The van der Waals surface area contributed by atoms with Gasteiger partial charge in [-0.15, -0.1) is 0 Å². The third-order valence-corrected chi connectivity index (χ3v) is 15.1. The highest BCUT2D eigenvalue weighted by atomic mass is 31.2. The SMILES string of the molecule is CC[C@H]1OCC[C@H]1O[P@@](OC[C@H]1OCC[C@H]1O[Si](C)(C)C(C)(C)C)O[C@](C)(c1ccccc1)C1CCCC1. The first-order valence-corrected chi connectivity index (χ1v) is 18.8. The summed E-state index contributed by atoms with van der Waals surface area (Å²) in [6, 6.07) is 10.6. The van der Waals surface area contributed by atoms with Gasteiger partial charge in [0, 0.05) is 19.6 Å². The molecule has 6 atom stereocenters. The molecule has 1 saturated carbocycles. The first-order valence-electron chi connectivity index (χ1n) is 14.8. The molecular formula is C30H51O6PSi. The summed E-state index contributed by atoms with van der Waals surface area (Å²) in [7, 11) is -3.55. The minimum atomic E-state index is -1.92. The fourth-order valence-electron chi connectivity index (χ4n) is 5.69. The third kappa shape index (κ3) is 7.28. The Bertz CT molecular complexity index is 858. The van der Waals surface area contributed by atoms with E-state index in [0.29, 0.717) is 19.1 Å². The van der Waals surface area contributed by atoms with Gasteiger partial charge >= 0.3 is 8.60 Å². The number of rotatable bonds is 12. The lowest BCUT2D eigenvalue weighted by molar-refractivity contribution is -0.0372. The van der Waals surface area contributed by atoms with Crippen molar-refractivity contribution in [3.8, 4) is 0 Å². The molecular weight excluding hydrogens is 515 g/mol. The van der Waals surface area contributed by atoms with Gasteiger partial charge in [0.15, 0.2) is 8.32 Å². The highest BCUT2D eigenvalue weighted by molar-refractivity contribution is 7.41. The Morgan fingerprint density at radius 2 is 1.53 bits per heavy atom. The average molecular weight is 567 g/mol. The maximum atomic E-state index is 6.99. The van der Waals surface area contributed by atoms with Crippen LogP contribution < -0.4 is 0 Å². The molecule has 3 fully saturated rings. The molecule has 0 bridgehead atoms. The fraction of sp³-hybridized carbons (Fsp3) is 0.800. The summed E-state index contributed by atoms with van der Waals surface area (Å²) in [5, 5.41) is 0.149. The topological polar surface area (TPSA) is 55.4 Å². The van der Waals surface area contributed by atoms with Crippen molar-refractivity contribution in [3.05, 3.63) is 35.9 Å². The molecule has 1 aromatic rings. The Kier molecular flexibility index (Phi) is 10.5. The molecule has 4 rings (SSSR count). The Hall–Kier alpha value is -0.373. The minimum absolute atomic E-state index is 0.0153. The number of benzene rings is 1. The number of ether oxygens (including phenoxy) is 2. The van der Waals surface area contributed by atoms with E-state index < -0.39 is 22.5 Å². The predicted octanol–water partition coefficient (Wildman–Crippen LogP) is 8.12. The number of hydrogen-bond acceptors (Lipinski definition) is 6. The van der Waals surface area contributed by atoms with Crippen LogP contribution in [-0.4, -0.2) is 52.6 Å². The van der Waals surface area contributed by atoms with Gasteiger partial charge in [0.1, 0.15) is 11.7 Å². The Labute approximate surface area is 233 Å². The quantitative estimate of drug-likeness (QED) is 0.188. The Balaban J connectivity index is 1.51. The van der Waals surface area contributed by atoms with E-state index in [4.69, 9.17) is 27.5 Å². The van der Waals surface area contributed by atoms with Crippen molar-refractivity contribution in [1.29, 1.82) is 0 Å². The van der Waals surface area contributed by atoms with E-state index in [9.17, 15) is 0 Å². The number of hydrogen-bond donors (Lipinski definition) is 0. The molecule has 0 amide bonds.